The van der Waals surface area contributed by atoms with Crippen molar-refractivity contribution in [1.82, 2.24) is 0 Å². The first-order valence-corrected chi connectivity index (χ1v) is 8.73. The molecule has 27 heavy (non-hydrogen) atoms. The van der Waals surface area contributed by atoms with E-state index in [0.717, 1.165) is 5.56 Å². The lowest BCUT2D eigenvalue weighted by molar-refractivity contribution is -0.205. The molecular formula is C21H18O6. The molecule has 0 fully saturated rings. The molecule has 6 heteroatoms. The summed E-state index contributed by atoms with van der Waals surface area (Å²) in [5.41, 5.74) is 0.825. The van der Waals surface area contributed by atoms with E-state index in [0.29, 0.717) is 11.0 Å². The van der Waals surface area contributed by atoms with Gasteiger partial charge in [0.1, 0.15) is 11.3 Å². The third-order valence-electron chi connectivity index (χ3n) is 4.70. The maximum absolute atomic E-state index is 12.7. The average molecular weight is 366 g/mol. The molecule has 0 spiro atoms. The first-order chi connectivity index (χ1) is 13.0. The molecule has 0 saturated carbocycles. The molecule has 2 atom stereocenters. The van der Waals surface area contributed by atoms with E-state index in [9.17, 15) is 14.7 Å². The number of aliphatic hydroxyl groups is 1. The average Bonchev–Trinajstić information content (AvgIpc) is 2.68. The smallest absolute Gasteiger partial charge is 0.379 e. The third kappa shape index (κ3) is 2.88. The molecule has 3 aromatic rings. The number of hydrogen-bond donors (Lipinski definition) is 1. The molecule has 1 N–H and O–H groups in total. The third-order valence-corrected chi connectivity index (χ3v) is 4.70. The number of fused-ring (bicyclic) bond motifs is 3. The fraction of sp³-hybridized carbons (Fsp3) is 0.238. The van der Waals surface area contributed by atoms with E-state index < -0.39 is 23.3 Å². The lowest BCUT2D eigenvalue weighted by atomic mass is 9.83. The Labute approximate surface area is 155 Å². The van der Waals surface area contributed by atoms with Crippen molar-refractivity contribution < 1.29 is 23.8 Å². The van der Waals surface area contributed by atoms with Gasteiger partial charge < -0.3 is 19.0 Å². The Hall–Kier alpha value is -3.12. The number of benzene rings is 2. The van der Waals surface area contributed by atoms with Crippen molar-refractivity contribution in [3.8, 4) is 5.75 Å². The van der Waals surface area contributed by atoms with Gasteiger partial charge in [0, 0.05) is 12.3 Å². The topological polar surface area (TPSA) is 86.0 Å². The zero-order chi connectivity index (χ0) is 19.0. The summed E-state index contributed by atoms with van der Waals surface area (Å²) in [5.74, 6) is -3.50. The number of carbonyl (C=O) groups is 1. The molecule has 1 aliphatic rings. The van der Waals surface area contributed by atoms with Crippen LogP contribution in [0.25, 0.3) is 11.0 Å². The molecule has 1 aromatic heterocycles. The van der Waals surface area contributed by atoms with Crippen molar-refractivity contribution in [2.45, 2.75) is 25.0 Å². The minimum atomic E-state index is -2.19. The fourth-order valence-electron chi connectivity index (χ4n) is 3.47. The van der Waals surface area contributed by atoms with Crippen molar-refractivity contribution in [2.24, 2.45) is 0 Å². The highest BCUT2D eigenvalue weighted by atomic mass is 16.7. The molecule has 2 heterocycles. The Bertz CT molecular complexity index is 1060. The molecule has 1 unspecified atom stereocenters. The first-order valence-electron chi connectivity index (χ1n) is 8.73. The lowest BCUT2D eigenvalue weighted by Gasteiger charge is -2.36. The lowest BCUT2D eigenvalue weighted by Crippen LogP contribution is -2.50. The van der Waals surface area contributed by atoms with Crippen molar-refractivity contribution in [1.29, 1.82) is 0 Å². The monoisotopic (exact) mass is 366 g/mol. The summed E-state index contributed by atoms with van der Waals surface area (Å²) in [4.78, 5) is 25.2. The largest absolute Gasteiger partial charge is 0.461 e. The first kappa shape index (κ1) is 17.3. The predicted octanol–water partition coefficient (Wildman–Crippen LogP) is 2.96. The molecule has 6 nitrogen and oxygen atoms in total. The van der Waals surface area contributed by atoms with Crippen molar-refractivity contribution in [3.63, 3.8) is 0 Å². The van der Waals surface area contributed by atoms with Gasteiger partial charge in [-0.05, 0) is 24.6 Å². The van der Waals surface area contributed by atoms with Gasteiger partial charge >= 0.3 is 17.4 Å². The van der Waals surface area contributed by atoms with Crippen LogP contribution in [0, 0.1) is 0 Å². The highest BCUT2D eigenvalue weighted by molar-refractivity contribution is 5.87. The Balaban J connectivity index is 1.98. The number of esters is 1. The van der Waals surface area contributed by atoms with Crippen LogP contribution < -0.4 is 10.4 Å². The quantitative estimate of drug-likeness (QED) is 0.567. The van der Waals surface area contributed by atoms with Crippen molar-refractivity contribution in [2.75, 3.05) is 6.61 Å². The summed E-state index contributed by atoms with van der Waals surface area (Å²) in [6.45, 7) is 1.75. The van der Waals surface area contributed by atoms with Gasteiger partial charge in [-0.1, -0.05) is 42.5 Å². The normalized spacial score (nSPS) is 21.3. The van der Waals surface area contributed by atoms with Crippen LogP contribution in [0.1, 0.15) is 30.4 Å². The second kappa shape index (κ2) is 6.55. The molecule has 0 aliphatic carbocycles. The van der Waals surface area contributed by atoms with Crippen molar-refractivity contribution in [3.05, 3.63) is 76.1 Å². The van der Waals surface area contributed by atoms with E-state index in [4.69, 9.17) is 13.9 Å². The van der Waals surface area contributed by atoms with Gasteiger partial charge in [0.05, 0.1) is 17.6 Å². The maximum atomic E-state index is 12.7. The molecule has 1 aliphatic heterocycles. The van der Waals surface area contributed by atoms with Gasteiger partial charge in [0.25, 0.3) is 0 Å². The summed E-state index contributed by atoms with van der Waals surface area (Å²) in [7, 11) is 0. The van der Waals surface area contributed by atoms with Crippen LogP contribution in [0.3, 0.4) is 0 Å². The molecule has 0 amide bonds. The van der Waals surface area contributed by atoms with E-state index >= 15 is 0 Å². The zero-order valence-corrected chi connectivity index (χ0v) is 14.7. The SMILES string of the molecule is CCOC(=O)C1(O)C[C@@H](c2ccccc2)c2c(c3ccccc3oc2=O)O1. The molecule has 2 aromatic carbocycles. The summed E-state index contributed by atoms with van der Waals surface area (Å²) in [5, 5.41) is 11.5. The molecule has 0 bridgehead atoms. The van der Waals surface area contributed by atoms with Crippen LogP contribution in [-0.2, 0) is 9.53 Å². The molecule has 4 rings (SSSR count). The number of rotatable bonds is 3. The summed E-state index contributed by atoms with van der Waals surface area (Å²) in [6.07, 6.45) is -0.147. The zero-order valence-electron chi connectivity index (χ0n) is 14.7. The number of carbonyl (C=O) groups excluding carboxylic acids is 1. The van der Waals surface area contributed by atoms with Gasteiger partial charge in [0.15, 0.2) is 0 Å². The van der Waals surface area contributed by atoms with E-state index in [1.165, 1.54) is 0 Å². The molecular weight excluding hydrogens is 348 g/mol. The minimum absolute atomic E-state index is 0.102. The van der Waals surface area contributed by atoms with Crippen LogP contribution in [0.15, 0.2) is 63.8 Å². The highest BCUT2D eigenvalue weighted by Gasteiger charge is 2.49. The molecule has 0 radical (unpaired) electrons. The summed E-state index contributed by atoms with van der Waals surface area (Å²) >= 11 is 0. The van der Waals surface area contributed by atoms with E-state index in [2.05, 4.69) is 0 Å². The minimum Gasteiger partial charge on any atom is -0.461 e. The van der Waals surface area contributed by atoms with Crippen LogP contribution in [0.5, 0.6) is 5.75 Å². The predicted molar refractivity (Wildman–Crippen MR) is 97.6 cm³/mol. The van der Waals surface area contributed by atoms with Gasteiger partial charge in [-0.3, -0.25) is 0 Å². The van der Waals surface area contributed by atoms with Gasteiger partial charge in [0.2, 0.25) is 0 Å². The summed E-state index contributed by atoms with van der Waals surface area (Å²) < 4.78 is 16.2. The number of ether oxygens (including phenoxy) is 2. The van der Waals surface area contributed by atoms with Gasteiger partial charge in [-0.25, -0.2) is 9.59 Å². The second-order valence-corrected chi connectivity index (χ2v) is 6.40. The summed E-state index contributed by atoms with van der Waals surface area (Å²) in [6, 6.07) is 16.0. The maximum Gasteiger partial charge on any atom is 0.379 e. The molecule has 138 valence electrons. The standard InChI is InChI=1S/C21H18O6/c1-2-25-20(23)21(24)12-15(13-8-4-3-5-9-13)17-18(27-21)14-10-6-7-11-16(14)26-19(17)22/h3-11,15,24H,2,12H2,1H3/t15-,21?/m0/s1. The Morgan fingerprint density at radius 2 is 1.89 bits per heavy atom. The second-order valence-electron chi connectivity index (χ2n) is 6.40. The van der Waals surface area contributed by atoms with E-state index in [1.54, 1.807) is 31.2 Å². The van der Waals surface area contributed by atoms with E-state index in [1.807, 2.05) is 30.3 Å². The Kier molecular flexibility index (Phi) is 4.20. The molecule has 0 saturated heterocycles. The van der Waals surface area contributed by atoms with Crippen LogP contribution in [0.2, 0.25) is 0 Å². The highest BCUT2D eigenvalue weighted by Crippen LogP contribution is 2.45. The van der Waals surface area contributed by atoms with Crippen molar-refractivity contribution >= 4 is 16.9 Å². The van der Waals surface area contributed by atoms with Gasteiger partial charge in [-0.2, -0.15) is 0 Å². The van der Waals surface area contributed by atoms with Crippen LogP contribution >= 0.6 is 0 Å². The number of para-hydroxylation sites is 1. The van der Waals surface area contributed by atoms with Gasteiger partial charge in [-0.15, -0.1) is 0 Å². The van der Waals surface area contributed by atoms with Crippen LogP contribution in [0.4, 0.5) is 0 Å². The van der Waals surface area contributed by atoms with E-state index in [-0.39, 0.29) is 24.3 Å². The Morgan fingerprint density at radius 3 is 2.63 bits per heavy atom. The number of hydrogen-bond acceptors (Lipinski definition) is 6. The fourth-order valence-corrected chi connectivity index (χ4v) is 3.47. The Morgan fingerprint density at radius 1 is 1.19 bits per heavy atom. The van der Waals surface area contributed by atoms with Crippen LogP contribution in [-0.4, -0.2) is 23.5 Å².